The van der Waals surface area contributed by atoms with Gasteiger partial charge in [0.1, 0.15) is 5.75 Å². The van der Waals surface area contributed by atoms with Crippen LogP contribution in [0.15, 0.2) is 35.2 Å². The zero-order valence-corrected chi connectivity index (χ0v) is 14.4. The van der Waals surface area contributed by atoms with E-state index in [1.165, 1.54) is 27.8 Å². The lowest BCUT2D eigenvalue weighted by molar-refractivity contribution is 0.407. The number of aryl methyl sites for hydroxylation is 2. The van der Waals surface area contributed by atoms with E-state index in [-0.39, 0.29) is 0 Å². The zero-order valence-electron chi connectivity index (χ0n) is 13.5. The number of ether oxygens (including phenoxy) is 1. The minimum absolute atomic E-state index is 0.460. The van der Waals surface area contributed by atoms with Gasteiger partial charge in [0.2, 0.25) is 0 Å². The van der Waals surface area contributed by atoms with E-state index in [0.717, 1.165) is 17.1 Å². The van der Waals surface area contributed by atoms with Crippen LogP contribution in [0.2, 0.25) is 0 Å². The second kappa shape index (κ2) is 6.57. The van der Waals surface area contributed by atoms with Crippen molar-refractivity contribution in [1.29, 1.82) is 0 Å². The number of hydrogen-bond acceptors (Lipinski definition) is 2. The largest absolute Gasteiger partial charge is 0.496 e. The Hall–Kier alpha value is -1.41. The highest BCUT2D eigenvalue weighted by atomic mass is 32.1. The minimum Gasteiger partial charge on any atom is -0.496 e. The van der Waals surface area contributed by atoms with Gasteiger partial charge >= 0.3 is 0 Å². The first-order chi connectivity index (χ1) is 9.92. The van der Waals surface area contributed by atoms with Crippen molar-refractivity contribution in [3.05, 3.63) is 58.1 Å². The number of thiol groups is 1. The molecule has 0 spiro atoms. The van der Waals surface area contributed by atoms with Crippen LogP contribution in [0.5, 0.6) is 5.75 Å². The van der Waals surface area contributed by atoms with Gasteiger partial charge in [0, 0.05) is 4.90 Å². The predicted molar refractivity (Wildman–Crippen MR) is 93.1 cm³/mol. The SMILES string of the molecule is COc1ccc(Cc2c(C)cc(S)cc2C)cc1C(C)C. The fourth-order valence-electron chi connectivity index (χ4n) is 2.80. The van der Waals surface area contributed by atoms with Gasteiger partial charge in [0.25, 0.3) is 0 Å². The zero-order chi connectivity index (χ0) is 15.6. The average molecular weight is 300 g/mol. The molecule has 1 nitrogen and oxygen atoms in total. The summed E-state index contributed by atoms with van der Waals surface area (Å²) < 4.78 is 5.46. The third-order valence-electron chi connectivity index (χ3n) is 3.98. The molecule has 0 unspecified atom stereocenters. The summed E-state index contributed by atoms with van der Waals surface area (Å²) in [6.45, 7) is 8.73. The number of methoxy groups -OCH3 is 1. The van der Waals surface area contributed by atoms with Crippen LogP contribution in [-0.2, 0) is 6.42 Å². The van der Waals surface area contributed by atoms with Crippen LogP contribution in [0.25, 0.3) is 0 Å². The van der Waals surface area contributed by atoms with E-state index in [1.54, 1.807) is 7.11 Å². The molecule has 0 bridgehead atoms. The summed E-state index contributed by atoms with van der Waals surface area (Å²) in [6, 6.07) is 10.8. The molecule has 2 aromatic rings. The van der Waals surface area contributed by atoms with E-state index in [0.29, 0.717) is 5.92 Å². The van der Waals surface area contributed by atoms with E-state index in [4.69, 9.17) is 4.74 Å². The van der Waals surface area contributed by atoms with Crippen LogP contribution in [-0.4, -0.2) is 7.11 Å². The first kappa shape index (κ1) is 16.0. The van der Waals surface area contributed by atoms with Gasteiger partial charge in [-0.15, -0.1) is 12.6 Å². The molecule has 0 aromatic heterocycles. The Bertz CT molecular complexity index is 621. The van der Waals surface area contributed by atoms with Crippen molar-refractivity contribution in [2.24, 2.45) is 0 Å². The summed E-state index contributed by atoms with van der Waals surface area (Å²) in [5.74, 6) is 1.44. The summed E-state index contributed by atoms with van der Waals surface area (Å²) in [4.78, 5) is 1.03. The maximum Gasteiger partial charge on any atom is 0.122 e. The van der Waals surface area contributed by atoms with Crippen LogP contribution in [0, 0.1) is 13.8 Å². The van der Waals surface area contributed by atoms with Gasteiger partial charge in [-0.25, -0.2) is 0 Å². The fraction of sp³-hybridized carbons (Fsp3) is 0.368. The Balaban J connectivity index is 2.39. The van der Waals surface area contributed by atoms with Crippen LogP contribution in [0.4, 0.5) is 0 Å². The van der Waals surface area contributed by atoms with Crippen LogP contribution in [0.1, 0.15) is 47.6 Å². The highest BCUT2D eigenvalue weighted by Gasteiger charge is 2.10. The average Bonchev–Trinajstić information content (AvgIpc) is 2.42. The molecule has 2 aromatic carbocycles. The molecule has 0 amide bonds. The Labute approximate surface area is 133 Å². The summed E-state index contributed by atoms with van der Waals surface area (Å²) >= 11 is 4.45. The second-order valence-corrected chi connectivity index (χ2v) is 6.48. The molecule has 0 aliphatic rings. The molecule has 21 heavy (non-hydrogen) atoms. The van der Waals surface area contributed by atoms with Crippen LogP contribution in [0.3, 0.4) is 0 Å². The minimum atomic E-state index is 0.460. The normalized spacial score (nSPS) is 11.0. The molecule has 0 heterocycles. The van der Waals surface area contributed by atoms with E-state index in [2.05, 4.69) is 70.7 Å². The molecule has 0 saturated carbocycles. The van der Waals surface area contributed by atoms with E-state index in [1.807, 2.05) is 0 Å². The van der Waals surface area contributed by atoms with E-state index in [9.17, 15) is 0 Å². The highest BCUT2D eigenvalue weighted by Crippen LogP contribution is 2.29. The summed E-state index contributed by atoms with van der Waals surface area (Å²) in [6.07, 6.45) is 0.954. The van der Waals surface area contributed by atoms with Gasteiger partial charge in [-0.05, 0) is 72.2 Å². The monoisotopic (exact) mass is 300 g/mol. The highest BCUT2D eigenvalue weighted by molar-refractivity contribution is 7.80. The fourth-order valence-corrected chi connectivity index (χ4v) is 3.19. The van der Waals surface area contributed by atoms with Crippen LogP contribution < -0.4 is 4.74 Å². The Morgan fingerprint density at radius 1 is 1.05 bits per heavy atom. The van der Waals surface area contributed by atoms with Gasteiger partial charge in [-0.2, -0.15) is 0 Å². The van der Waals surface area contributed by atoms with Crippen LogP contribution >= 0.6 is 12.6 Å². The molecule has 0 fully saturated rings. The molecule has 0 aliphatic heterocycles. The van der Waals surface area contributed by atoms with Crippen molar-refractivity contribution in [2.45, 2.75) is 44.9 Å². The standard InChI is InChI=1S/C19H24OS/c1-12(2)17-10-15(6-7-19(17)20-5)11-18-13(3)8-16(21)9-14(18)4/h6-10,12,21H,11H2,1-5H3. The maximum absolute atomic E-state index is 5.46. The van der Waals surface area contributed by atoms with E-state index >= 15 is 0 Å². The third kappa shape index (κ3) is 3.62. The molecule has 0 radical (unpaired) electrons. The molecule has 2 heteroatoms. The molecule has 112 valence electrons. The van der Waals surface area contributed by atoms with Gasteiger partial charge in [0.05, 0.1) is 7.11 Å². The Kier molecular flexibility index (Phi) is 5.00. The van der Waals surface area contributed by atoms with Crippen molar-refractivity contribution < 1.29 is 4.74 Å². The number of hydrogen-bond donors (Lipinski definition) is 1. The van der Waals surface area contributed by atoms with Crippen molar-refractivity contribution in [2.75, 3.05) is 7.11 Å². The predicted octanol–water partition coefficient (Wildman–Crippen LogP) is 5.31. The number of rotatable bonds is 4. The summed E-state index contributed by atoms with van der Waals surface area (Å²) in [5.41, 5.74) is 6.62. The smallest absolute Gasteiger partial charge is 0.122 e. The lowest BCUT2D eigenvalue weighted by atomic mass is 9.93. The quantitative estimate of drug-likeness (QED) is 0.752. The molecule has 0 aliphatic carbocycles. The van der Waals surface area contributed by atoms with Crippen molar-refractivity contribution in [3.63, 3.8) is 0 Å². The summed E-state index contributed by atoms with van der Waals surface area (Å²) in [5, 5.41) is 0. The lowest BCUT2D eigenvalue weighted by Gasteiger charge is -2.15. The van der Waals surface area contributed by atoms with Crippen molar-refractivity contribution in [3.8, 4) is 5.75 Å². The van der Waals surface area contributed by atoms with Gasteiger partial charge in [0.15, 0.2) is 0 Å². The van der Waals surface area contributed by atoms with Crippen molar-refractivity contribution >= 4 is 12.6 Å². The first-order valence-electron chi connectivity index (χ1n) is 7.38. The number of benzene rings is 2. The first-order valence-corrected chi connectivity index (χ1v) is 7.83. The van der Waals surface area contributed by atoms with Gasteiger partial charge < -0.3 is 4.74 Å². The lowest BCUT2D eigenvalue weighted by Crippen LogP contribution is -1.99. The van der Waals surface area contributed by atoms with Gasteiger partial charge in [-0.1, -0.05) is 26.0 Å². The molecule has 0 saturated heterocycles. The molecular weight excluding hydrogens is 276 g/mol. The topological polar surface area (TPSA) is 9.23 Å². The Morgan fingerprint density at radius 3 is 2.19 bits per heavy atom. The maximum atomic E-state index is 5.46. The van der Waals surface area contributed by atoms with Crippen molar-refractivity contribution in [1.82, 2.24) is 0 Å². The van der Waals surface area contributed by atoms with Gasteiger partial charge in [-0.3, -0.25) is 0 Å². The second-order valence-electron chi connectivity index (χ2n) is 5.97. The van der Waals surface area contributed by atoms with E-state index < -0.39 is 0 Å². The summed E-state index contributed by atoms with van der Waals surface area (Å²) in [7, 11) is 1.74. The molecule has 0 atom stereocenters. The Morgan fingerprint density at radius 2 is 1.67 bits per heavy atom. The third-order valence-corrected chi connectivity index (χ3v) is 4.24. The molecule has 0 N–H and O–H groups in total. The molecular formula is C19H24OS. The molecule has 2 rings (SSSR count).